The van der Waals surface area contributed by atoms with E-state index in [1.165, 1.54) is 0 Å². The maximum absolute atomic E-state index is 7.03. The number of aromatic amines is 2. The predicted molar refractivity (Wildman–Crippen MR) is 101 cm³/mol. The average Bonchev–Trinajstić information content (AvgIpc) is 3.42. The van der Waals surface area contributed by atoms with Crippen LogP contribution in [0.15, 0.2) is 48.5 Å². The Labute approximate surface area is 176 Å². The van der Waals surface area contributed by atoms with Gasteiger partial charge >= 0.3 is 40.0 Å². The van der Waals surface area contributed by atoms with Gasteiger partial charge in [0.2, 0.25) is 0 Å². The molecule has 2 aliphatic heterocycles. The second-order valence-corrected chi connectivity index (χ2v) is 5.91. The molecule has 0 fully saturated rings. The summed E-state index contributed by atoms with van der Waals surface area (Å²) in [4.78, 5) is 16.0. The van der Waals surface area contributed by atoms with Crippen molar-refractivity contribution in [3.8, 4) is 0 Å². The van der Waals surface area contributed by atoms with Gasteiger partial charge in [-0.3, -0.25) is 0 Å². The van der Waals surface area contributed by atoms with Crippen LogP contribution in [-0.4, -0.2) is 21.5 Å². The molecule has 5 heterocycles. The summed E-state index contributed by atoms with van der Waals surface area (Å²) in [7, 11) is 0. The van der Waals surface area contributed by atoms with Crippen molar-refractivity contribution < 1.29 is 40.0 Å². The number of aromatic nitrogens is 4. The van der Waals surface area contributed by atoms with E-state index in [0.717, 1.165) is 83.3 Å². The van der Waals surface area contributed by atoms with Gasteiger partial charge in [0, 0.05) is 22.1 Å². The first-order valence-corrected chi connectivity index (χ1v) is 9.02. The summed E-state index contributed by atoms with van der Waals surface area (Å²) >= 11 is 0.861. The SMILES string of the molecule is C1=Cc2cc3ccc(cc4nc(cc5ccc(cc1n2)[nH]5)C=C4)[nH]3.[OH][Gd]. The van der Waals surface area contributed by atoms with Crippen molar-refractivity contribution in [1.82, 2.24) is 19.9 Å². The molecule has 0 aliphatic carbocycles. The first kappa shape index (κ1) is 17.3. The molecule has 6 heteroatoms. The molecule has 8 bridgehead atoms. The number of hydrogen-bond acceptors (Lipinski definition) is 3. The molecule has 0 radical (unpaired) electrons. The number of nitrogens with one attached hydrogen (secondary N) is 2. The number of H-pyrrole nitrogens is 2. The molecule has 3 aromatic rings. The molecule has 0 atom stereocenters. The third kappa shape index (κ3) is 3.84. The van der Waals surface area contributed by atoms with Gasteiger partial charge in [0.15, 0.2) is 0 Å². The van der Waals surface area contributed by atoms with E-state index in [-0.39, 0.29) is 0 Å². The van der Waals surface area contributed by atoms with E-state index in [9.17, 15) is 0 Å². The number of nitrogens with zero attached hydrogens (tertiary/aromatic N) is 2. The number of hydrogen-bond donors (Lipinski definition) is 3. The Balaban J connectivity index is 0.000000814. The van der Waals surface area contributed by atoms with Crippen LogP contribution in [0.25, 0.3) is 46.4 Å². The van der Waals surface area contributed by atoms with Crippen LogP contribution in [0.5, 0.6) is 0 Å². The Morgan fingerprint density at radius 1 is 0.538 bits per heavy atom. The van der Waals surface area contributed by atoms with Gasteiger partial charge in [0.05, 0.1) is 22.8 Å². The molecule has 0 aromatic carbocycles. The summed E-state index contributed by atoms with van der Waals surface area (Å²) in [6.45, 7) is 0. The van der Waals surface area contributed by atoms with Gasteiger partial charge in [-0.25, -0.2) is 9.97 Å². The van der Waals surface area contributed by atoms with E-state index in [4.69, 9.17) is 1.54 Å². The summed E-state index contributed by atoms with van der Waals surface area (Å²) in [5.74, 6) is 0. The fourth-order valence-corrected chi connectivity index (χ4v) is 2.94. The summed E-state index contributed by atoms with van der Waals surface area (Å²) < 4.78 is 7.03. The minimum atomic E-state index is 0.861. The number of rotatable bonds is 0. The Bertz CT molecular complexity index is 996. The van der Waals surface area contributed by atoms with E-state index < -0.39 is 0 Å². The summed E-state index contributed by atoms with van der Waals surface area (Å²) in [5, 5.41) is 0. The first-order valence-electron chi connectivity index (χ1n) is 8.00. The van der Waals surface area contributed by atoms with Crippen LogP contribution in [0.4, 0.5) is 0 Å². The third-order valence-electron chi connectivity index (χ3n) is 4.04. The van der Waals surface area contributed by atoms with E-state index in [1.54, 1.807) is 0 Å². The molecule has 5 nitrogen and oxygen atoms in total. The topological polar surface area (TPSA) is 77.6 Å². The van der Waals surface area contributed by atoms with Crippen LogP contribution >= 0.6 is 0 Å². The van der Waals surface area contributed by atoms with Crippen LogP contribution < -0.4 is 0 Å². The van der Waals surface area contributed by atoms with E-state index in [1.807, 2.05) is 48.6 Å². The van der Waals surface area contributed by atoms with Crippen LogP contribution in [-0.2, 0) is 0 Å². The summed E-state index contributed by atoms with van der Waals surface area (Å²) in [5.41, 5.74) is 7.86. The standard InChI is InChI=1S/C20H14N4.Gd.H2O/c1-2-14-10-16-5-6-18(23-16)12-20-8-7-19(24-20)11-17-4-3-15(22-17)9-13(1)21-14;;/h1-12,21,24H;;1H2/q;+1;/p-1. The van der Waals surface area contributed by atoms with Crippen LogP contribution in [0.2, 0.25) is 0 Å². The van der Waals surface area contributed by atoms with Crippen LogP contribution in [0, 0.1) is 38.5 Å². The zero-order valence-electron chi connectivity index (χ0n) is 13.6. The average molecular weight is 485 g/mol. The molecule has 5 rings (SSSR count). The van der Waals surface area contributed by atoms with Gasteiger partial charge in [-0.1, -0.05) is 0 Å². The third-order valence-corrected chi connectivity index (χ3v) is 4.04. The van der Waals surface area contributed by atoms with E-state index in [2.05, 4.69) is 44.2 Å². The summed E-state index contributed by atoms with van der Waals surface area (Å²) in [6, 6.07) is 16.4. The summed E-state index contributed by atoms with van der Waals surface area (Å²) in [6.07, 6.45) is 8.09. The Morgan fingerprint density at radius 2 is 0.808 bits per heavy atom. The first-order chi connectivity index (χ1) is 12.8. The van der Waals surface area contributed by atoms with Gasteiger partial charge in [0.1, 0.15) is 0 Å². The monoisotopic (exact) mass is 485 g/mol. The maximum atomic E-state index is 7.03. The molecule has 0 spiro atoms. The molecule has 0 unspecified atom stereocenters. The van der Waals surface area contributed by atoms with Crippen molar-refractivity contribution in [1.29, 1.82) is 0 Å². The van der Waals surface area contributed by atoms with Crippen molar-refractivity contribution in [3.63, 3.8) is 0 Å². The quantitative estimate of drug-likeness (QED) is 0.310. The molecule has 26 heavy (non-hydrogen) atoms. The van der Waals surface area contributed by atoms with Gasteiger partial charge in [-0.2, -0.15) is 0 Å². The van der Waals surface area contributed by atoms with Gasteiger partial charge in [-0.15, -0.1) is 0 Å². The fourth-order valence-electron chi connectivity index (χ4n) is 2.94. The zero-order chi connectivity index (χ0) is 17.9. The van der Waals surface area contributed by atoms with Gasteiger partial charge < -0.3 is 9.97 Å². The molecule has 2 aliphatic rings. The molecule has 3 aromatic heterocycles. The molecule has 0 saturated heterocycles. The zero-order valence-corrected chi connectivity index (χ0v) is 15.9. The normalized spacial score (nSPS) is 11.9. The van der Waals surface area contributed by atoms with Gasteiger partial charge in [-0.05, 0) is 72.8 Å². The second-order valence-electron chi connectivity index (χ2n) is 5.91. The fraction of sp³-hybridized carbons (Fsp3) is 0. The molecule has 0 saturated carbocycles. The van der Waals surface area contributed by atoms with Gasteiger partial charge in [0.25, 0.3) is 0 Å². The number of fused-ring (bicyclic) bond motifs is 8. The van der Waals surface area contributed by atoms with E-state index >= 15 is 0 Å². The molecular formula is C20H15GdN4O. The predicted octanol–water partition coefficient (Wildman–Crippen LogP) is 4.10. The Hall–Kier alpha value is -2.12. The van der Waals surface area contributed by atoms with Crippen molar-refractivity contribution in [2.75, 3.05) is 0 Å². The van der Waals surface area contributed by atoms with Crippen molar-refractivity contribution in [2.45, 2.75) is 0 Å². The molecule has 0 amide bonds. The molecule has 3 N–H and O–H groups in total. The Morgan fingerprint density at radius 3 is 1.08 bits per heavy atom. The van der Waals surface area contributed by atoms with E-state index in [0.29, 0.717) is 0 Å². The molecular weight excluding hydrogens is 469 g/mol. The Kier molecular flexibility index (Phi) is 5.08. The van der Waals surface area contributed by atoms with Crippen molar-refractivity contribution >= 4 is 46.4 Å². The molecule has 129 valence electrons. The van der Waals surface area contributed by atoms with Crippen molar-refractivity contribution in [3.05, 3.63) is 71.3 Å². The minimum absolute atomic E-state index is 0.861. The second kappa shape index (κ2) is 7.64. The van der Waals surface area contributed by atoms with Crippen molar-refractivity contribution in [2.24, 2.45) is 0 Å². The van der Waals surface area contributed by atoms with Crippen LogP contribution in [0.1, 0.15) is 22.8 Å². The van der Waals surface area contributed by atoms with Crippen LogP contribution in [0.3, 0.4) is 0 Å².